The highest BCUT2D eigenvalue weighted by Crippen LogP contribution is 2.33. The molecule has 3 heterocycles. The molecule has 0 atom stereocenters. The first-order valence-electron chi connectivity index (χ1n) is 11.6. The van der Waals surface area contributed by atoms with Gasteiger partial charge in [0.25, 0.3) is 0 Å². The molecule has 0 spiro atoms. The molecule has 0 bridgehead atoms. The second-order valence-corrected chi connectivity index (χ2v) is 8.88. The highest BCUT2D eigenvalue weighted by Gasteiger charge is 2.43. The van der Waals surface area contributed by atoms with E-state index >= 15 is 0 Å². The number of carbonyl (C=O) groups is 6. The van der Waals surface area contributed by atoms with Gasteiger partial charge in [0, 0.05) is 58.4 Å². The van der Waals surface area contributed by atoms with E-state index in [1.165, 1.54) is 6.08 Å². The second kappa shape index (κ2) is 13.1. The Bertz CT molecular complexity index is 981. The van der Waals surface area contributed by atoms with E-state index in [0.717, 1.165) is 49.1 Å². The predicted molar refractivity (Wildman–Crippen MR) is 133 cm³/mol. The fraction of sp³-hybridized carbons (Fsp3) is 0.545. The first-order valence-corrected chi connectivity index (χ1v) is 11.6. The van der Waals surface area contributed by atoms with Crippen LogP contribution in [0.4, 0.5) is 0 Å². The lowest BCUT2D eigenvalue weighted by Crippen LogP contribution is -2.43. The van der Waals surface area contributed by atoms with E-state index in [2.05, 4.69) is 0 Å². The normalized spacial score (nSPS) is 17.5. The van der Waals surface area contributed by atoms with Crippen molar-refractivity contribution in [3.05, 3.63) is 23.2 Å². The van der Waals surface area contributed by atoms with Gasteiger partial charge >= 0.3 is 23.9 Å². The number of Topliss-reactive ketones (excluding diaryl/α,β-unsaturated/α-hetero) is 1. The molecule has 208 valence electrons. The van der Waals surface area contributed by atoms with Crippen molar-refractivity contribution in [2.45, 2.75) is 0 Å². The molecular weight excluding hydrogens is 505 g/mol. The Labute approximate surface area is 219 Å². The molecule has 0 unspecified atom stereocenters. The summed E-state index contributed by atoms with van der Waals surface area (Å²) >= 11 is 0. The lowest BCUT2D eigenvalue weighted by molar-refractivity contribution is -0.145. The van der Waals surface area contributed by atoms with Crippen LogP contribution < -0.4 is 0 Å². The van der Waals surface area contributed by atoms with Crippen LogP contribution in [0.2, 0.25) is 0 Å². The Morgan fingerprint density at radius 1 is 0.632 bits per heavy atom. The molecule has 15 nitrogen and oxygen atoms in total. The fourth-order valence-electron chi connectivity index (χ4n) is 3.75. The van der Waals surface area contributed by atoms with Crippen molar-refractivity contribution in [3.8, 4) is 0 Å². The summed E-state index contributed by atoms with van der Waals surface area (Å²) in [5.74, 6) is -4.86. The van der Waals surface area contributed by atoms with Gasteiger partial charge in [0.2, 0.25) is 11.6 Å². The quantitative estimate of drug-likeness (QED) is 0.0947. The number of aliphatic carboxylic acids is 4. The Hall–Kier alpha value is -3.92. The maximum atomic E-state index is 12.4. The van der Waals surface area contributed by atoms with E-state index in [-0.39, 0.29) is 33.1 Å². The molecule has 0 saturated carbocycles. The molecule has 3 saturated heterocycles. The number of hydrogen-bond acceptors (Lipinski definition) is 11. The molecule has 4 rings (SSSR count). The largest absolute Gasteiger partial charge is 0.480 e. The van der Waals surface area contributed by atoms with Crippen molar-refractivity contribution in [2.75, 3.05) is 78.5 Å². The molecule has 0 radical (unpaired) electrons. The Balaban J connectivity index is 0.000000261. The van der Waals surface area contributed by atoms with Gasteiger partial charge in [0.15, 0.2) is 0 Å². The van der Waals surface area contributed by atoms with Crippen molar-refractivity contribution in [1.82, 2.24) is 24.5 Å². The van der Waals surface area contributed by atoms with E-state index in [1.807, 2.05) is 14.7 Å². The van der Waals surface area contributed by atoms with E-state index < -0.39 is 50.1 Å². The number of nitrogens with zero attached hydrogens (tertiary/aromatic N) is 5. The topological polar surface area (TPSA) is 199 Å². The number of allylic oxidation sites excluding steroid dienone is 1. The molecule has 3 fully saturated rings. The number of hydrogen-bond donors (Lipinski definition) is 4. The van der Waals surface area contributed by atoms with Crippen LogP contribution in [-0.2, 0) is 28.8 Å². The molecule has 0 aromatic heterocycles. The number of ketones is 2. The van der Waals surface area contributed by atoms with Gasteiger partial charge in [-0.1, -0.05) is 0 Å². The molecule has 4 N–H and O–H groups in total. The highest BCUT2D eigenvalue weighted by atomic mass is 16.4. The van der Waals surface area contributed by atoms with Crippen LogP contribution in [0, 0.1) is 0 Å². The Kier molecular flexibility index (Phi) is 10.4. The lowest BCUT2D eigenvalue weighted by Gasteiger charge is -2.23. The summed E-state index contributed by atoms with van der Waals surface area (Å²) in [6.45, 7) is 3.16. The third-order valence-corrected chi connectivity index (χ3v) is 5.66. The van der Waals surface area contributed by atoms with E-state index in [0.29, 0.717) is 17.1 Å². The van der Waals surface area contributed by atoms with Crippen molar-refractivity contribution in [2.24, 2.45) is 0 Å². The minimum absolute atomic E-state index is 0. The van der Waals surface area contributed by atoms with E-state index in [1.54, 1.807) is 0 Å². The monoisotopic (exact) mass is 537 g/mol. The van der Waals surface area contributed by atoms with Crippen molar-refractivity contribution < 1.29 is 49.2 Å². The summed E-state index contributed by atoms with van der Waals surface area (Å²) in [5, 5.41) is 34.5. The molecule has 4 aliphatic rings. The first kappa shape index (κ1) is 30.3. The van der Waals surface area contributed by atoms with Crippen LogP contribution in [0.15, 0.2) is 23.2 Å². The molecule has 1 aliphatic carbocycles. The predicted octanol–water partition coefficient (Wildman–Crippen LogP) is -4.07. The number of carboxylic acid groups (broad SMARTS) is 4. The zero-order valence-electron chi connectivity index (χ0n) is 20.0. The highest BCUT2D eigenvalue weighted by molar-refractivity contribution is 6.22. The van der Waals surface area contributed by atoms with Crippen LogP contribution in [-0.4, -0.2) is 167 Å². The summed E-state index contributed by atoms with van der Waals surface area (Å²) in [6.07, 6.45) is 1.52. The molecule has 16 heteroatoms. The van der Waals surface area contributed by atoms with Crippen molar-refractivity contribution in [1.29, 1.82) is 0 Å². The van der Waals surface area contributed by atoms with E-state index in [4.69, 9.17) is 20.4 Å². The van der Waals surface area contributed by atoms with Gasteiger partial charge in [-0.3, -0.25) is 38.6 Å². The van der Waals surface area contributed by atoms with Gasteiger partial charge in [-0.15, -0.1) is 0 Å². The van der Waals surface area contributed by atoms with Gasteiger partial charge < -0.3 is 35.1 Å². The van der Waals surface area contributed by atoms with Gasteiger partial charge in [-0.05, 0) is 0 Å². The summed E-state index contributed by atoms with van der Waals surface area (Å²) in [4.78, 5) is 74.8. The fourth-order valence-corrected chi connectivity index (χ4v) is 3.75. The van der Waals surface area contributed by atoms with Crippen LogP contribution in [0.3, 0.4) is 0 Å². The minimum Gasteiger partial charge on any atom is -0.480 e. The SMILES string of the molecule is B.O=C(O)CN(CCN(CC(=O)O)CC(=O)O)CC(=O)O.O=C1C=C(N2CC2)C(=O)C(N2CC2)=C1N1CC1. The molecule has 0 aromatic rings. The summed E-state index contributed by atoms with van der Waals surface area (Å²) in [7, 11) is 0. The maximum Gasteiger partial charge on any atom is 0.317 e. The van der Waals surface area contributed by atoms with Crippen molar-refractivity contribution in [3.63, 3.8) is 0 Å². The number of carbonyl (C=O) groups excluding carboxylic acids is 2. The molecule has 0 amide bonds. The minimum atomic E-state index is -1.23. The second-order valence-electron chi connectivity index (χ2n) is 8.88. The zero-order chi connectivity index (χ0) is 27.3. The third-order valence-electron chi connectivity index (χ3n) is 5.66. The number of carboxylic acids is 4. The van der Waals surface area contributed by atoms with Crippen LogP contribution >= 0.6 is 0 Å². The molecule has 3 aliphatic heterocycles. The van der Waals surface area contributed by atoms with Crippen LogP contribution in [0.1, 0.15) is 0 Å². The summed E-state index contributed by atoms with van der Waals surface area (Å²) in [6, 6.07) is 0. The van der Waals surface area contributed by atoms with Gasteiger partial charge in [0.1, 0.15) is 11.4 Å². The average Bonchev–Trinajstić information content (AvgIpc) is 3.62. The van der Waals surface area contributed by atoms with E-state index in [9.17, 15) is 28.8 Å². The standard InChI is InChI=1S/C12H13N3O2.C10H16N2O8.BH3/c16-9-7-8(13-1-2-13)12(17)11(15-5-6-15)10(9)14-3-4-14;13-7(14)3-11(4-8(15)16)1-2-12(5-9(17)18)6-10(19)20;/h7H,1-6H2;1-6H2,(H,13,14)(H,15,16)(H,17,18)(H,19,20);1H3. The van der Waals surface area contributed by atoms with Gasteiger partial charge in [0.05, 0.1) is 40.3 Å². The zero-order valence-corrected chi connectivity index (χ0v) is 20.0. The smallest absolute Gasteiger partial charge is 0.317 e. The Morgan fingerprint density at radius 2 is 0.974 bits per heavy atom. The van der Waals surface area contributed by atoms with Crippen molar-refractivity contribution >= 4 is 43.9 Å². The Morgan fingerprint density at radius 3 is 1.29 bits per heavy atom. The maximum absolute atomic E-state index is 12.4. The third kappa shape index (κ3) is 9.19. The van der Waals surface area contributed by atoms with Crippen LogP contribution in [0.25, 0.3) is 0 Å². The molecule has 38 heavy (non-hydrogen) atoms. The molecule has 0 aromatic carbocycles. The first-order chi connectivity index (χ1) is 17.5. The molecular formula is C22H32BN5O10. The van der Waals surface area contributed by atoms with Gasteiger partial charge in [-0.2, -0.15) is 0 Å². The average molecular weight is 537 g/mol. The summed E-state index contributed by atoms with van der Waals surface area (Å²) in [5.41, 5.74) is 1.89. The van der Waals surface area contributed by atoms with Crippen LogP contribution in [0.5, 0.6) is 0 Å². The number of rotatable bonds is 14. The summed E-state index contributed by atoms with van der Waals surface area (Å²) < 4.78 is 0. The lowest BCUT2D eigenvalue weighted by atomic mass is 10.0. The van der Waals surface area contributed by atoms with Gasteiger partial charge in [-0.25, -0.2) is 0 Å².